The van der Waals surface area contributed by atoms with Crippen LogP contribution in [0, 0.1) is 0 Å². The lowest BCUT2D eigenvalue weighted by Gasteiger charge is -2.33. The Morgan fingerprint density at radius 2 is 1.90 bits per heavy atom. The molecular formula is C21H27N3O5S. The second kappa shape index (κ2) is 8.77. The number of aromatic nitrogens is 2. The Morgan fingerprint density at radius 1 is 1.20 bits per heavy atom. The Hall–Kier alpha value is -2.39. The molecule has 2 aromatic rings. The minimum Gasteiger partial charge on any atom is -0.446 e. The molecule has 1 aromatic heterocycles. The predicted molar refractivity (Wildman–Crippen MR) is 113 cm³/mol. The van der Waals surface area contributed by atoms with Gasteiger partial charge in [0.2, 0.25) is 0 Å². The highest BCUT2D eigenvalue weighted by Crippen LogP contribution is 2.24. The normalized spacial score (nSPS) is 19.8. The number of hydrogen-bond donors (Lipinski definition) is 0. The Labute approximate surface area is 176 Å². The summed E-state index contributed by atoms with van der Waals surface area (Å²) in [5, 5.41) is 3.98. The number of likely N-dealkylation sites (tertiary alicyclic amines) is 1. The molecule has 1 aliphatic heterocycles. The zero-order valence-electron chi connectivity index (χ0n) is 17.1. The van der Waals surface area contributed by atoms with Gasteiger partial charge in [-0.25, -0.2) is 4.79 Å². The van der Waals surface area contributed by atoms with Gasteiger partial charge in [-0.05, 0) is 71.8 Å². The Kier molecular flexibility index (Phi) is 6.10. The number of ether oxygens (including phenoxy) is 2. The van der Waals surface area contributed by atoms with Crippen LogP contribution in [0.5, 0.6) is 0 Å². The maximum atomic E-state index is 12.1. The summed E-state index contributed by atoms with van der Waals surface area (Å²) in [5.74, 6) is 4.54. The average Bonchev–Trinajstić information content (AvgIpc) is 3.18. The lowest BCUT2D eigenvalue weighted by molar-refractivity contribution is -0.0176. The summed E-state index contributed by atoms with van der Waals surface area (Å²) in [6, 6.07) is 7.10. The first-order valence-electron chi connectivity index (χ1n) is 10.2. The van der Waals surface area contributed by atoms with Crippen LogP contribution in [-0.4, -0.2) is 62.8 Å². The van der Waals surface area contributed by atoms with Crippen molar-refractivity contribution in [3.63, 3.8) is 0 Å². The summed E-state index contributed by atoms with van der Waals surface area (Å²) >= 11 is 0. The molecule has 8 nitrogen and oxygen atoms in total. The van der Waals surface area contributed by atoms with Crippen molar-refractivity contribution in [2.75, 3.05) is 19.3 Å². The van der Waals surface area contributed by atoms with Crippen LogP contribution in [0.25, 0.3) is 11.5 Å². The lowest BCUT2D eigenvalue weighted by Crippen LogP contribution is -2.43. The highest BCUT2D eigenvalue weighted by molar-refractivity contribution is 7.99. The highest BCUT2D eigenvalue weighted by atomic mass is 32.2. The first-order valence-corrected chi connectivity index (χ1v) is 12.3. The SMILES string of the molecule is C=S(C)(=O)c1ccc(-c2nc(COC3CCN(C(=O)OC4CCC4)CC3)no2)cc1. The molecule has 1 saturated carbocycles. The Bertz CT molecular complexity index is 974. The van der Waals surface area contributed by atoms with Crippen molar-refractivity contribution >= 4 is 21.5 Å². The molecular weight excluding hydrogens is 406 g/mol. The summed E-state index contributed by atoms with van der Waals surface area (Å²) in [6.07, 6.45) is 6.19. The molecule has 9 heteroatoms. The van der Waals surface area contributed by atoms with E-state index in [0.29, 0.717) is 29.7 Å². The molecule has 2 heterocycles. The van der Waals surface area contributed by atoms with Crippen LogP contribution in [0.2, 0.25) is 0 Å². The largest absolute Gasteiger partial charge is 0.446 e. The van der Waals surface area contributed by atoms with Crippen molar-refractivity contribution in [1.82, 2.24) is 15.0 Å². The van der Waals surface area contributed by atoms with Crippen molar-refractivity contribution in [2.45, 2.75) is 55.8 Å². The van der Waals surface area contributed by atoms with Gasteiger partial charge in [-0.2, -0.15) is 4.98 Å². The lowest BCUT2D eigenvalue weighted by atomic mass is 9.96. The van der Waals surface area contributed by atoms with Crippen LogP contribution in [-0.2, 0) is 25.6 Å². The smallest absolute Gasteiger partial charge is 0.410 e. The number of hydrogen-bond acceptors (Lipinski definition) is 7. The molecule has 1 atom stereocenters. The minimum absolute atomic E-state index is 0.0498. The van der Waals surface area contributed by atoms with Crippen molar-refractivity contribution < 1.29 is 23.0 Å². The van der Waals surface area contributed by atoms with Crippen molar-refractivity contribution in [3.05, 3.63) is 30.1 Å². The van der Waals surface area contributed by atoms with E-state index in [9.17, 15) is 9.00 Å². The number of carbonyl (C=O) groups excluding carboxylic acids is 1. The molecule has 162 valence electrons. The molecule has 2 aliphatic rings. The van der Waals surface area contributed by atoms with E-state index in [4.69, 9.17) is 14.0 Å². The molecule has 1 amide bonds. The fourth-order valence-electron chi connectivity index (χ4n) is 3.42. The maximum Gasteiger partial charge on any atom is 0.410 e. The summed E-state index contributed by atoms with van der Waals surface area (Å²) in [6.45, 7) is 1.51. The van der Waals surface area contributed by atoms with E-state index >= 15 is 0 Å². The molecule has 0 N–H and O–H groups in total. The number of rotatable bonds is 6. The maximum absolute atomic E-state index is 12.1. The van der Waals surface area contributed by atoms with Crippen LogP contribution in [0.4, 0.5) is 4.79 Å². The summed E-state index contributed by atoms with van der Waals surface area (Å²) in [4.78, 5) is 18.9. The third-order valence-electron chi connectivity index (χ3n) is 5.54. The third-order valence-corrected chi connectivity index (χ3v) is 6.81. The topological polar surface area (TPSA) is 94.8 Å². The molecule has 30 heavy (non-hydrogen) atoms. The quantitative estimate of drug-likeness (QED) is 0.646. The van der Waals surface area contributed by atoms with E-state index in [1.807, 2.05) is 0 Å². The van der Waals surface area contributed by atoms with Crippen LogP contribution in [0.1, 0.15) is 37.9 Å². The number of nitrogens with zero attached hydrogens (tertiary/aromatic N) is 3. The number of benzene rings is 1. The second-order valence-electron chi connectivity index (χ2n) is 7.98. The fraction of sp³-hybridized carbons (Fsp3) is 0.524. The first kappa shape index (κ1) is 20.9. The molecule has 1 saturated heterocycles. The van der Waals surface area contributed by atoms with Gasteiger partial charge in [-0.1, -0.05) is 5.16 Å². The van der Waals surface area contributed by atoms with Gasteiger partial charge >= 0.3 is 6.09 Å². The summed E-state index contributed by atoms with van der Waals surface area (Å²) in [5.41, 5.74) is 0.749. The molecule has 2 fully saturated rings. The fourth-order valence-corrected chi connectivity index (χ4v) is 4.13. The van der Waals surface area contributed by atoms with Gasteiger partial charge in [0.15, 0.2) is 5.82 Å². The van der Waals surface area contributed by atoms with Gasteiger partial charge < -0.3 is 18.9 Å². The average molecular weight is 434 g/mol. The highest BCUT2D eigenvalue weighted by Gasteiger charge is 2.28. The standard InChI is InChI=1S/C21H27N3O5S/c1-30(2,26)18-8-6-15(7-9-18)20-22-19(23-29-20)14-27-16-10-12-24(13-11-16)21(25)28-17-4-3-5-17/h6-9,16-17H,1,3-5,10-14H2,2H3. The monoisotopic (exact) mass is 433 g/mol. The third kappa shape index (κ3) is 5.02. The zero-order chi connectivity index (χ0) is 21.1. The number of carbonyl (C=O) groups is 1. The second-order valence-corrected chi connectivity index (χ2v) is 10.5. The Morgan fingerprint density at radius 3 is 2.50 bits per heavy atom. The summed E-state index contributed by atoms with van der Waals surface area (Å²) in [7, 11) is -2.25. The van der Waals surface area contributed by atoms with Crippen LogP contribution in [0.15, 0.2) is 33.7 Å². The Balaban J connectivity index is 1.24. The molecule has 1 aromatic carbocycles. The van der Waals surface area contributed by atoms with Crippen LogP contribution in [0.3, 0.4) is 0 Å². The van der Waals surface area contributed by atoms with E-state index in [-0.39, 0.29) is 24.9 Å². The van der Waals surface area contributed by atoms with Gasteiger partial charge in [0.25, 0.3) is 5.89 Å². The van der Waals surface area contributed by atoms with E-state index in [2.05, 4.69) is 16.0 Å². The molecule has 0 bridgehead atoms. The van der Waals surface area contributed by atoms with Gasteiger partial charge in [0.05, 0.1) is 6.10 Å². The van der Waals surface area contributed by atoms with Crippen molar-refractivity contribution in [1.29, 1.82) is 0 Å². The van der Waals surface area contributed by atoms with E-state index < -0.39 is 9.52 Å². The molecule has 4 rings (SSSR count). The zero-order valence-corrected chi connectivity index (χ0v) is 17.9. The molecule has 1 aliphatic carbocycles. The first-order chi connectivity index (χ1) is 14.4. The van der Waals surface area contributed by atoms with E-state index in [1.165, 1.54) is 0 Å². The minimum atomic E-state index is -2.25. The molecule has 1 unspecified atom stereocenters. The molecule has 0 radical (unpaired) electrons. The van der Waals surface area contributed by atoms with Gasteiger partial charge in [0.1, 0.15) is 12.7 Å². The van der Waals surface area contributed by atoms with Crippen LogP contribution >= 0.6 is 0 Å². The summed E-state index contributed by atoms with van der Waals surface area (Å²) < 4.78 is 28.7. The van der Waals surface area contributed by atoms with E-state index in [0.717, 1.165) is 37.7 Å². The number of piperidine rings is 1. The van der Waals surface area contributed by atoms with Crippen molar-refractivity contribution in [3.8, 4) is 11.5 Å². The van der Waals surface area contributed by atoms with Gasteiger partial charge in [-0.15, -0.1) is 0 Å². The van der Waals surface area contributed by atoms with Gasteiger partial charge in [-0.3, -0.25) is 4.21 Å². The predicted octanol–water partition coefficient (Wildman–Crippen LogP) is 3.11. The van der Waals surface area contributed by atoms with Gasteiger partial charge in [0, 0.05) is 29.8 Å². The van der Waals surface area contributed by atoms with Crippen molar-refractivity contribution in [2.24, 2.45) is 0 Å². The van der Waals surface area contributed by atoms with E-state index in [1.54, 1.807) is 35.4 Å². The number of amides is 1. The molecule has 0 spiro atoms. The van der Waals surface area contributed by atoms with Crippen LogP contribution < -0.4 is 0 Å².